The van der Waals surface area contributed by atoms with Gasteiger partial charge in [-0.25, -0.2) is 0 Å². The fourth-order valence-corrected chi connectivity index (χ4v) is 2.84. The van der Waals surface area contributed by atoms with E-state index in [1.54, 1.807) is 44.4 Å². The highest BCUT2D eigenvalue weighted by molar-refractivity contribution is 7.80. The third kappa shape index (κ3) is 3.43. The Morgan fingerprint density at radius 2 is 1.92 bits per heavy atom. The number of rotatable bonds is 5. The lowest BCUT2D eigenvalue weighted by atomic mass is 10.1. The Morgan fingerprint density at radius 1 is 1.24 bits per heavy atom. The SMILES string of the molecule is COC(=O)CN1C(=O)/C(=C/c2ccc(OC)c(C)c2OC)N(C)C1=S. The van der Waals surface area contributed by atoms with Crippen molar-refractivity contribution in [2.45, 2.75) is 6.92 Å². The molecule has 0 saturated carbocycles. The van der Waals surface area contributed by atoms with Gasteiger partial charge < -0.3 is 19.1 Å². The van der Waals surface area contributed by atoms with E-state index in [0.29, 0.717) is 22.8 Å². The zero-order chi connectivity index (χ0) is 18.7. The first kappa shape index (κ1) is 18.7. The number of nitrogens with zero attached hydrogens (tertiary/aromatic N) is 2. The molecular weight excluding hydrogens is 344 g/mol. The summed E-state index contributed by atoms with van der Waals surface area (Å²) in [6, 6.07) is 3.60. The lowest BCUT2D eigenvalue weighted by molar-refractivity contribution is -0.143. The molecule has 0 aliphatic carbocycles. The predicted molar refractivity (Wildman–Crippen MR) is 96.4 cm³/mol. The second-order valence-electron chi connectivity index (χ2n) is 5.35. The fraction of sp³-hybridized carbons (Fsp3) is 0.353. The maximum atomic E-state index is 12.6. The fourth-order valence-electron chi connectivity index (χ4n) is 2.59. The zero-order valence-electron chi connectivity index (χ0n) is 14.8. The normalized spacial score (nSPS) is 15.8. The van der Waals surface area contributed by atoms with Crippen molar-refractivity contribution in [1.82, 2.24) is 9.80 Å². The number of ether oxygens (including phenoxy) is 3. The van der Waals surface area contributed by atoms with Gasteiger partial charge in [-0.05, 0) is 37.4 Å². The number of carbonyl (C=O) groups excluding carboxylic acids is 2. The molecule has 25 heavy (non-hydrogen) atoms. The number of methoxy groups -OCH3 is 3. The molecule has 1 aliphatic heterocycles. The molecule has 0 unspecified atom stereocenters. The Labute approximate surface area is 151 Å². The predicted octanol–water partition coefficient (Wildman–Crippen LogP) is 1.59. The van der Waals surface area contributed by atoms with E-state index in [-0.39, 0.29) is 17.6 Å². The molecule has 0 aromatic heterocycles. The summed E-state index contributed by atoms with van der Waals surface area (Å²) < 4.78 is 15.4. The van der Waals surface area contributed by atoms with Gasteiger partial charge in [0.05, 0.1) is 21.3 Å². The van der Waals surface area contributed by atoms with Gasteiger partial charge in [-0.15, -0.1) is 0 Å². The number of thiocarbonyl (C=S) groups is 1. The van der Waals surface area contributed by atoms with Crippen LogP contribution in [-0.4, -0.2) is 61.7 Å². The third-order valence-corrected chi connectivity index (χ3v) is 4.46. The molecular formula is C17H20N2O5S. The van der Waals surface area contributed by atoms with Gasteiger partial charge in [0.1, 0.15) is 23.7 Å². The van der Waals surface area contributed by atoms with Gasteiger partial charge in [-0.2, -0.15) is 0 Å². The number of benzene rings is 1. The highest BCUT2D eigenvalue weighted by atomic mass is 32.1. The van der Waals surface area contributed by atoms with Crippen LogP contribution in [0.2, 0.25) is 0 Å². The number of likely N-dealkylation sites (N-methyl/N-ethyl adjacent to an activating group) is 1. The largest absolute Gasteiger partial charge is 0.496 e. The summed E-state index contributed by atoms with van der Waals surface area (Å²) in [6.07, 6.45) is 1.68. The molecule has 0 radical (unpaired) electrons. The second-order valence-corrected chi connectivity index (χ2v) is 5.72. The van der Waals surface area contributed by atoms with Crippen molar-refractivity contribution in [2.24, 2.45) is 0 Å². The molecule has 1 amide bonds. The molecule has 1 saturated heterocycles. The van der Waals surface area contributed by atoms with Crippen molar-refractivity contribution < 1.29 is 23.8 Å². The lowest BCUT2D eigenvalue weighted by Gasteiger charge is -2.15. The monoisotopic (exact) mass is 364 g/mol. The van der Waals surface area contributed by atoms with Crippen LogP contribution in [0.5, 0.6) is 11.5 Å². The van der Waals surface area contributed by atoms with Crippen LogP contribution >= 0.6 is 12.2 Å². The smallest absolute Gasteiger partial charge is 0.325 e. The van der Waals surface area contributed by atoms with E-state index in [1.807, 2.05) is 6.92 Å². The third-order valence-electron chi connectivity index (χ3n) is 3.96. The van der Waals surface area contributed by atoms with Crippen molar-refractivity contribution >= 4 is 35.3 Å². The van der Waals surface area contributed by atoms with Crippen LogP contribution in [0.4, 0.5) is 0 Å². The van der Waals surface area contributed by atoms with E-state index in [1.165, 1.54) is 12.0 Å². The number of amides is 1. The van der Waals surface area contributed by atoms with Gasteiger partial charge >= 0.3 is 5.97 Å². The van der Waals surface area contributed by atoms with Crippen LogP contribution in [0.25, 0.3) is 6.08 Å². The zero-order valence-corrected chi connectivity index (χ0v) is 15.6. The van der Waals surface area contributed by atoms with Crippen LogP contribution in [0, 0.1) is 6.92 Å². The standard InChI is InChI=1S/C17H20N2O5S/c1-10-13(22-3)7-6-11(15(10)24-5)8-12-16(21)19(9-14(20)23-4)17(25)18(12)2/h6-8H,9H2,1-5H3/b12-8-. The maximum absolute atomic E-state index is 12.6. The van der Waals surface area contributed by atoms with Gasteiger partial charge in [0.25, 0.3) is 5.91 Å². The molecule has 0 spiro atoms. The Balaban J connectivity index is 2.44. The Hall–Kier alpha value is -2.61. The lowest BCUT2D eigenvalue weighted by Crippen LogP contribution is -2.36. The number of hydrogen-bond donors (Lipinski definition) is 0. The number of carbonyl (C=O) groups is 2. The maximum Gasteiger partial charge on any atom is 0.325 e. The minimum absolute atomic E-state index is 0.228. The summed E-state index contributed by atoms with van der Waals surface area (Å²) in [6.45, 7) is 1.64. The van der Waals surface area contributed by atoms with Gasteiger partial charge in [0, 0.05) is 18.2 Å². The van der Waals surface area contributed by atoms with Crippen LogP contribution in [0.15, 0.2) is 17.8 Å². The quantitative estimate of drug-likeness (QED) is 0.446. The molecule has 1 fully saturated rings. The molecule has 2 rings (SSSR count). The van der Waals surface area contributed by atoms with E-state index in [4.69, 9.17) is 21.7 Å². The number of esters is 1. The van der Waals surface area contributed by atoms with E-state index in [2.05, 4.69) is 4.74 Å². The van der Waals surface area contributed by atoms with Crippen molar-refractivity contribution in [2.75, 3.05) is 34.9 Å². The van der Waals surface area contributed by atoms with Gasteiger partial charge in [-0.1, -0.05) is 0 Å². The Bertz CT molecular complexity index is 760. The average molecular weight is 364 g/mol. The van der Waals surface area contributed by atoms with Crippen molar-refractivity contribution in [3.8, 4) is 11.5 Å². The molecule has 1 heterocycles. The topological polar surface area (TPSA) is 68.3 Å². The summed E-state index contributed by atoms with van der Waals surface area (Å²) in [5, 5.41) is 0.242. The average Bonchev–Trinajstić information content (AvgIpc) is 2.80. The Morgan fingerprint density at radius 3 is 2.48 bits per heavy atom. The first-order valence-corrected chi connectivity index (χ1v) is 7.86. The second kappa shape index (κ2) is 7.52. The van der Waals surface area contributed by atoms with Gasteiger partial charge in [0.15, 0.2) is 5.11 Å². The number of hydrogen-bond acceptors (Lipinski definition) is 6. The molecule has 8 heteroatoms. The Kier molecular flexibility index (Phi) is 5.63. The minimum atomic E-state index is -0.539. The van der Waals surface area contributed by atoms with Crippen molar-refractivity contribution in [3.05, 3.63) is 29.0 Å². The van der Waals surface area contributed by atoms with Gasteiger partial charge in [0.2, 0.25) is 0 Å². The van der Waals surface area contributed by atoms with Crippen LogP contribution in [0.3, 0.4) is 0 Å². The van der Waals surface area contributed by atoms with Crippen LogP contribution < -0.4 is 9.47 Å². The van der Waals surface area contributed by atoms with E-state index >= 15 is 0 Å². The van der Waals surface area contributed by atoms with E-state index in [9.17, 15) is 9.59 Å². The molecule has 0 bridgehead atoms. The van der Waals surface area contributed by atoms with Crippen LogP contribution in [0.1, 0.15) is 11.1 Å². The van der Waals surface area contributed by atoms with E-state index in [0.717, 1.165) is 5.56 Å². The first-order valence-electron chi connectivity index (χ1n) is 7.45. The minimum Gasteiger partial charge on any atom is -0.496 e. The van der Waals surface area contributed by atoms with Crippen LogP contribution in [-0.2, 0) is 14.3 Å². The summed E-state index contributed by atoms with van der Waals surface area (Å²) in [5.74, 6) is 0.384. The molecule has 7 nitrogen and oxygen atoms in total. The molecule has 134 valence electrons. The van der Waals surface area contributed by atoms with Gasteiger partial charge in [-0.3, -0.25) is 14.5 Å². The molecule has 1 aromatic carbocycles. The molecule has 1 aromatic rings. The van der Waals surface area contributed by atoms with E-state index < -0.39 is 5.97 Å². The van der Waals surface area contributed by atoms with Crippen molar-refractivity contribution in [1.29, 1.82) is 0 Å². The molecule has 0 N–H and O–H groups in total. The first-order chi connectivity index (χ1) is 11.8. The van der Waals surface area contributed by atoms with Crippen molar-refractivity contribution in [3.63, 3.8) is 0 Å². The summed E-state index contributed by atoms with van der Waals surface area (Å²) in [5.41, 5.74) is 1.87. The highest BCUT2D eigenvalue weighted by Gasteiger charge is 2.37. The molecule has 0 atom stereocenters. The summed E-state index contributed by atoms with van der Waals surface area (Å²) >= 11 is 5.26. The summed E-state index contributed by atoms with van der Waals surface area (Å²) in [4.78, 5) is 26.9. The highest BCUT2D eigenvalue weighted by Crippen LogP contribution is 2.34. The summed E-state index contributed by atoms with van der Waals surface area (Å²) in [7, 11) is 6.07. The molecule has 1 aliphatic rings.